The predicted molar refractivity (Wildman–Crippen MR) is 73.7 cm³/mol. The van der Waals surface area contributed by atoms with Crippen LogP contribution in [0, 0.1) is 11.8 Å². The normalized spacial score (nSPS) is 18.9. The zero-order valence-corrected chi connectivity index (χ0v) is 12.5. The summed E-state index contributed by atoms with van der Waals surface area (Å²) in [4.78, 5) is 2.19. The number of halogens is 3. The summed E-state index contributed by atoms with van der Waals surface area (Å²) < 4.78 is 40.3. The van der Waals surface area contributed by atoms with Crippen LogP contribution in [0.4, 0.5) is 13.2 Å². The molecule has 20 heavy (non-hydrogen) atoms. The minimum absolute atomic E-state index is 0.162. The highest BCUT2D eigenvalue weighted by Crippen LogP contribution is 2.17. The molecule has 0 aliphatic carbocycles. The van der Waals surface area contributed by atoms with Gasteiger partial charge in [0.05, 0.1) is 6.61 Å². The highest BCUT2D eigenvalue weighted by atomic mass is 19.4. The van der Waals surface area contributed by atoms with Gasteiger partial charge in [-0.2, -0.15) is 13.2 Å². The molecule has 1 heterocycles. The fourth-order valence-electron chi connectivity index (χ4n) is 2.37. The molecule has 0 bridgehead atoms. The number of hydrogen-bond acceptors (Lipinski definition) is 3. The van der Waals surface area contributed by atoms with E-state index in [9.17, 15) is 13.2 Å². The molecule has 1 saturated heterocycles. The molecule has 1 fully saturated rings. The Morgan fingerprint density at radius 3 is 2.45 bits per heavy atom. The summed E-state index contributed by atoms with van der Waals surface area (Å²) in [6.07, 6.45) is -1.98. The second kappa shape index (κ2) is 8.85. The SMILES string of the molecule is CC(C)CNCC1CCN(CCOCC(F)(F)F)CC1. The fraction of sp³-hybridized carbons (Fsp3) is 1.00. The molecule has 0 saturated carbocycles. The molecular weight excluding hydrogens is 269 g/mol. The van der Waals surface area contributed by atoms with Gasteiger partial charge in [-0.3, -0.25) is 0 Å². The van der Waals surface area contributed by atoms with Gasteiger partial charge < -0.3 is 15.0 Å². The Hall–Kier alpha value is -0.330. The van der Waals surface area contributed by atoms with Crippen LogP contribution in [0.15, 0.2) is 0 Å². The summed E-state index contributed by atoms with van der Waals surface area (Å²) in [7, 11) is 0. The maximum Gasteiger partial charge on any atom is 0.411 e. The van der Waals surface area contributed by atoms with E-state index in [4.69, 9.17) is 0 Å². The average molecular weight is 296 g/mol. The first-order chi connectivity index (χ1) is 9.37. The summed E-state index contributed by atoms with van der Waals surface area (Å²) in [5, 5.41) is 3.47. The molecule has 0 spiro atoms. The first-order valence-electron chi connectivity index (χ1n) is 7.44. The molecule has 0 aromatic carbocycles. The van der Waals surface area contributed by atoms with Gasteiger partial charge in [-0.05, 0) is 50.9 Å². The van der Waals surface area contributed by atoms with E-state index in [1.54, 1.807) is 0 Å². The quantitative estimate of drug-likeness (QED) is 0.697. The van der Waals surface area contributed by atoms with E-state index in [0.29, 0.717) is 18.4 Å². The minimum atomic E-state index is -4.21. The average Bonchev–Trinajstić information content (AvgIpc) is 2.35. The van der Waals surface area contributed by atoms with Crippen LogP contribution >= 0.6 is 0 Å². The van der Waals surface area contributed by atoms with Gasteiger partial charge in [0.25, 0.3) is 0 Å². The van der Waals surface area contributed by atoms with Gasteiger partial charge in [-0.1, -0.05) is 13.8 Å². The summed E-state index contributed by atoms with van der Waals surface area (Å²) in [6.45, 7) is 8.03. The van der Waals surface area contributed by atoms with Crippen molar-refractivity contribution in [3.8, 4) is 0 Å². The van der Waals surface area contributed by atoms with Crippen LogP contribution in [0.5, 0.6) is 0 Å². The molecule has 1 aliphatic rings. The maximum atomic E-state index is 11.9. The van der Waals surface area contributed by atoms with Crippen LogP contribution in [0.25, 0.3) is 0 Å². The molecule has 6 heteroatoms. The van der Waals surface area contributed by atoms with Gasteiger partial charge >= 0.3 is 6.18 Å². The summed E-state index contributed by atoms with van der Waals surface area (Å²) >= 11 is 0. The number of piperidine rings is 1. The van der Waals surface area contributed by atoms with Crippen LogP contribution in [0.3, 0.4) is 0 Å². The van der Waals surface area contributed by atoms with Crippen molar-refractivity contribution < 1.29 is 17.9 Å². The Balaban J connectivity index is 2.01. The molecule has 0 unspecified atom stereocenters. The van der Waals surface area contributed by atoms with Crippen molar-refractivity contribution in [1.82, 2.24) is 10.2 Å². The lowest BCUT2D eigenvalue weighted by Gasteiger charge is -2.32. The molecule has 1 N–H and O–H groups in total. The monoisotopic (exact) mass is 296 g/mol. The second-order valence-electron chi connectivity index (χ2n) is 6.00. The van der Waals surface area contributed by atoms with E-state index in [1.807, 2.05) is 0 Å². The number of hydrogen-bond donors (Lipinski definition) is 1. The first kappa shape index (κ1) is 17.7. The van der Waals surface area contributed by atoms with Crippen LogP contribution in [0.2, 0.25) is 0 Å². The largest absolute Gasteiger partial charge is 0.411 e. The number of rotatable bonds is 8. The molecule has 3 nitrogen and oxygen atoms in total. The lowest BCUT2D eigenvalue weighted by Crippen LogP contribution is -2.39. The Morgan fingerprint density at radius 2 is 1.90 bits per heavy atom. The molecule has 120 valence electrons. The van der Waals surface area contributed by atoms with Crippen LogP contribution in [-0.4, -0.2) is 57.0 Å². The van der Waals surface area contributed by atoms with Crippen molar-refractivity contribution in [2.24, 2.45) is 11.8 Å². The number of nitrogens with one attached hydrogen (secondary N) is 1. The Morgan fingerprint density at radius 1 is 1.25 bits per heavy atom. The second-order valence-corrected chi connectivity index (χ2v) is 6.00. The molecule has 0 aromatic heterocycles. The Labute approximate surface area is 119 Å². The maximum absolute atomic E-state index is 11.9. The van der Waals surface area contributed by atoms with Crippen LogP contribution in [0.1, 0.15) is 26.7 Å². The van der Waals surface area contributed by atoms with Gasteiger partial charge in [0, 0.05) is 6.54 Å². The van der Waals surface area contributed by atoms with Gasteiger partial charge in [-0.25, -0.2) is 0 Å². The van der Waals surface area contributed by atoms with Crippen molar-refractivity contribution in [2.45, 2.75) is 32.9 Å². The third-order valence-electron chi connectivity index (χ3n) is 3.51. The Bertz CT molecular complexity index is 251. The summed E-state index contributed by atoms with van der Waals surface area (Å²) in [5.74, 6) is 1.36. The van der Waals surface area contributed by atoms with Crippen LogP contribution < -0.4 is 5.32 Å². The predicted octanol–water partition coefficient (Wildman–Crippen LogP) is 2.52. The molecule has 1 rings (SSSR count). The Kier molecular flexibility index (Phi) is 7.84. The first-order valence-corrected chi connectivity index (χ1v) is 7.44. The standard InChI is InChI=1S/C14H27F3N2O/c1-12(2)9-18-10-13-3-5-19(6-4-13)7-8-20-11-14(15,16)17/h12-13,18H,3-11H2,1-2H3. The van der Waals surface area contributed by atoms with E-state index >= 15 is 0 Å². The van der Waals surface area contributed by atoms with E-state index in [1.165, 1.54) is 0 Å². The fourth-order valence-corrected chi connectivity index (χ4v) is 2.37. The molecule has 0 aromatic rings. The molecular formula is C14H27F3N2O. The third kappa shape index (κ3) is 8.76. The smallest absolute Gasteiger partial charge is 0.371 e. The van der Waals surface area contributed by atoms with Crippen molar-refractivity contribution >= 4 is 0 Å². The van der Waals surface area contributed by atoms with Gasteiger partial charge in [0.1, 0.15) is 6.61 Å². The minimum Gasteiger partial charge on any atom is -0.371 e. The highest BCUT2D eigenvalue weighted by Gasteiger charge is 2.27. The third-order valence-corrected chi connectivity index (χ3v) is 3.51. The number of likely N-dealkylation sites (tertiary alicyclic amines) is 1. The van der Waals surface area contributed by atoms with E-state index in [-0.39, 0.29) is 6.61 Å². The lowest BCUT2D eigenvalue weighted by atomic mass is 9.96. The summed E-state index contributed by atoms with van der Waals surface area (Å²) in [5.41, 5.74) is 0. The number of alkyl halides is 3. The van der Waals surface area contributed by atoms with E-state index in [2.05, 4.69) is 28.8 Å². The van der Waals surface area contributed by atoms with Crippen molar-refractivity contribution in [2.75, 3.05) is 45.9 Å². The summed E-state index contributed by atoms with van der Waals surface area (Å²) in [6, 6.07) is 0. The molecule has 0 radical (unpaired) electrons. The van der Waals surface area contributed by atoms with Crippen LogP contribution in [-0.2, 0) is 4.74 Å². The molecule has 0 amide bonds. The number of nitrogens with zero attached hydrogens (tertiary/aromatic N) is 1. The van der Waals surface area contributed by atoms with Gasteiger partial charge in [0.15, 0.2) is 0 Å². The molecule has 0 atom stereocenters. The molecule has 1 aliphatic heterocycles. The van der Waals surface area contributed by atoms with Gasteiger partial charge in [0.2, 0.25) is 0 Å². The van der Waals surface area contributed by atoms with Crippen molar-refractivity contribution in [3.63, 3.8) is 0 Å². The van der Waals surface area contributed by atoms with Crippen molar-refractivity contribution in [1.29, 1.82) is 0 Å². The van der Waals surface area contributed by atoms with Crippen molar-refractivity contribution in [3.05, 3.63) is 0 Å². The lowest BCUT2D eigenvalue weighted by molar-refractivity contribution is -0.174. The van der Waals surface area contributed by atoms with E-state index < -0.39 is 12.8 Å². The topological polar surface area (TPSA) is 24.5 Å². The highest BCUT2D eigenvalue weighted by molar-refractivity contribution is 4.74. The zero-order valence-electron chi connectivity index (χ0n) is 12.5. The van der Waals surface area contributed by atoms with E-state index in [0.717, 1.165) is 39.0 Å². The zero-order chi connectivity index (χ0) is 15.0. The number of ether oxygens (including phenoxy) is 1. The van der Waals surface area contributed by atoms with Gasteiger partial charge in [-0.15, -0.1) is 0 Å².